The SMILES string of the molecule is Cc1ccccc1N(CCCC(=O)N(CCc1ccccc1)[C@@H](C)C(=O)NC1CCCC1)S(C)(=O)=O. The number of amides is 2. The summed E-state index contributed by atoms with van der Waals surface area (Å²) in [5, 5.41) is 3.11. The second-order valence-electron chi connectivity index (χ2n) is 9.71. The number of carbonyl (C=O) groups is 2. The lowest BCUT2D eigenvalue weighted by atomic mass is 10.1. The Hall–Kier alpha value is -2.87. The van der Waals surface area contributed by atoms with Gasteiger partial charge in [0.2, 0.25) is 21.8 Å². The molecule has 1 atom stereocenters. The van der Waals surface area contributed by atoms with Crippen molar-refractivity contribution >= 4 is 27.5 Å². The molecule has 1 N–H and O–H groups in total. The zero-order valence-electron chi connectivity index (χ0n) is 21.7. The van der Waals surface area contributed by atoms with Crippen LogP contribution in [0.15, 0.2) is 54.6 Å². The first-order valence-corrected chi connectivity index (χ1v) is 14.7. The number of aryl methyl sites for hydroxylation is 1. The molecule has 0 saturated heterocycles. The van der Waals surface area contributed by atoms with Crippen molar-refractivity contribution in [3.05, 3.63) is 65.7 Å². The lowest BCUT2D eigenvalue weighted by Gasteiger charge is -2.30. The molecule has 1 saturated carbocycles. The Balaban J connectivity index is 1.67. The average molecular weight is 514 g/mol. The number of para-hydroxylation sites is 1. The van der Waals surface area contributed by atoms with E-state index >= 15 is 0 Å². The van der Waals surface area contributed by atoms with Crippen LogP contribution in [0.2, 0.25) is 0 Å². The fourth-order valence-electron chi connectivity index (χ4n) is 4.79. The molecular formula is C28H39N3O4S. The molecule has 3 rings (SSSR count). The summed E-state index contributed by atoms with van der Waals surface area (Å²) < 4.78 is 26.3. The Morgan fingerprint density at radius 3 is 2.28 bits per heavy atom. The Morgan fingerprint density at radius 1 is 1.00 bits per heavy atom. The number of nitrogens with zero attached hydrogens (tertiary/aromatic N) is 2. The first-order valence-electron chi connectivity index (χ1n) is 12.8. The first kappa shape index (κ1) is 27.7. The third kappa shape index (κ3) is 7.82. The number of anilines is 1. The highest BCUT2D eigenvalue weighted by atomic mass is 32.2. The fraction of sp³-hybridized carbons (Fsp3) is 0.500. The molecular weight excluding hydrogens is 474 g/mol. The van der Waals surface area contributed by atoms with E-state index in [1.807, 2.05) is 55.5 Å². The smallest absolute Gasteiger partial charge is 0.242 e. The molecule has 0 unspecified atom stereocenters. The van der Waals surface area contributed by atoms with E-state index in [1.54, 1.807) is 17.9 Å². The molecule has 1 aliphatic rings. The Morgan fingerprint density at radius 2 is 1.64 bits per heavy atom. The maximum absolute atomic E-state index is 13.4. The molecule has 0 radical (unpaired) electrons. The number of benzene rings is 2. The van der Waals surface area contributed by atoms with Crippen LogP contribution in [0, 0.1) is 6.92 Å². The number of carbonyl (C=O) groups excluding carboxylic acids is 2. The van der Waals surface area contributed by atoms with Gasteiger partial charge in [0.25, 0.3) is 0 Å². The van der Waals surface area contributed by atoms with Crippen molar-refractivity contribution in [1.29, 1.82) is 0 Å². The second-order valence-corrected chi connectivity index (χ2v) is 11.6. The fourth-order valence-corrected chi connectivity index (χ4v) is 5.81. The number of hydrogen-bond donors (Lipinski definition) is 1. The highest BCUT2D eigenvalue weighted by Gasteiger charge is 2.28. The van der Waals surface area contributed by atoms with Crippen molar-refractivity contribution in [3.63, 3.8) is 0 Å². The maximum Gasteiger partial charge on any atom is 0.242 e. The van der Waals surface area contributed by atoms with Crippen LogP contribution in [0.4, 0.5) is 5.69 Å². The van der Waals surface area contributed by atoms with Crippen molar-refractivity contribution in [3.8, 4) is 0 Å². The summed E-state index contributed by atoms with van der Waals surface area (Å²) in [4.78, 5) is 28.0. The largest absolute Gasteiger partial charge is 0.352 e. The van der Waals surface area contributed by atoms with Crippen LogP contribution in [0.1, 0.15) is 56.6 Å². The molecule has 0 aliphatic heterocycles. The van der Waals surface area contributed by atoms with Gasteiger partial charge >= 0.3 is 0 Å². The van der Waals surface area contributed by atoms with E-state index in [-0.39, 0.29) is 30.8 Å². The van der Waals surface area contributed by atoms with Crippen molar-refractivity contribution in [2.45, 2.75) is 70.9 Å². The van der Waals surface area contributed by atoms with E-state index in [0.29, 0.717) is 25.1 Å². The Bertz CT molecular complexity index is 1110. The van der Waals surface area contributed by atoms with Gasteiger partial charge in [-0.3, -0.25) is 13.9 Å². The minimum atomic E-state index is -3.50. The topological polar surface area (TPSA) is 86.8 Å². The van der Waals surface area contributed by atoms with Crippen LogP contribution >= 0.6 is 0 Å². The number of sulfonamides is 1. The monoisotopic (exact) mass is 513 g/mol. The van der Waals surface area contributed by atoms with E-state index in [1.165, 1.54) is 10.6 Å². The van der Waals surface area contributed by atoms with E-state index in [4.69, 9.17) is 0 Å². The van der Waals surface area contributed by atoms with Crippen molar-refractivity contribution in [1.82, 2.24) is 10.2 Å². The van der Waals surface area contributed by atoms with Crippen LogP contribution in [-0.2, 0) is 26.0 Å². The van der Waals surface area contributed by atoms with Gasteiger partial charge in [-0.1, -0.05) is 61.4 Å². The summed E-state index contributed by atoms with van der Waals surface area (Å²) in [6, 6.07) is 16.8. The Labute approximate surface area is 215 Å². The van der Waals surface area contributed by atoms with Crippen molar-refractivity contribution in [2.75, 3.05) is 23.7 Å². The molecule has 36 heavy (non-hydrogen) atoms. The maximum atomic E-state index is 13.4. The van der Waals surface area contributed by atoms with Gasteiger partial charge in [-0.05, 0) is 56.7 Å². The minimum Gasteiger partial charge on any atom is -0.352 e. The van der Waals surface area contributed by atoms with Crippen LogP contribution in [0.5, 0.6) is 0 Å². The molecule has 0 heterocycles. The summed E-state index contributed by atoms with van der Waals surface area (Å²) in [6.07, 6.45) is 6.55. The van der Waals surface area contributed by atoms with Crippen LogP contribution in [0.25, 0.3) is 0 Å². The molecule has 2 aromatic carbocycles. The molecule has 0 spiro atoms. The van der Waals surface area contributed by atoms with Crippen LogP contribution < -0.4 is 9.62 Å². The Kier molecular flexibility index (Phi) is 9.93. The zero-order valence-corrected chi connectivity index (χ0v) is 22.5. The van der Waals surface area contributed by atoms with Gasteiger partial charge in [-0.15, -0.1) is 0 Å². The summed E-state index contributed by atoms with van der Waals surface area (Å²) in [7, 11) is -3.50. The highest BCUT2D eigenvalue weighted by molar-refractivity contribution is 7.92. The zero-order chi connectivity index (χ0) is 26.1. The lowest BCUT2D eigenvalue weighted by molar-refractivity contribution is -0.140. The van der Waals surface area contributed by atoms with Gasteiger partial charge in [-0.2, -0.15) is 0 Å². The summed E-state index contributed by atoms with van der Waals surface area (Å²) in [5.41, 5.74) is 2.58. The van der Waals surface area contributed by atoms with E-state index in [9.17, 15) is 18.0 Å². The summed E-state index contributed by atoms with van der Waals surface area (Å²) in [6.45, 7) is 4.28. The second kappa shape index (κ2) is 12.9. The van der Waals surface area contributed by atoms with Gasteiger partial charge in [0.1, 0.15) is 6.04 Å². The van der Waals surface area contributed by atoms with Gasteiger partial charge in [0, 0.05) is 25.6 Å². The molecule has 8 heteroatoms. The third-order valence-corrected chi connectivity index (χ3v) is 8.07. The predicted molar refractivity (Wildman–Crippen MR) is 144 cm³/mol. The van der Waals surface area contributed by atoms with Gasteiger partial charge in [0.15, 0.2) is 0 Å². The van der Waals surface area contributed by atoms with Gasteiger partial charge in [-0.25, -0.2) is 8.42 Å². The molecule has 7 nitrogen and oxygen atoms in total. The van der Waals surface area contributed by atoms with Crippen LogP contribution in [-0.4, -0.2) is 56.6 Å². The number of rotatable bonds is 12. The lowest BCUT2D eigenvalue weighted by Crippen LogP contribution is -2.50. The quantitative estimate of drug-likeness (QED) is 0.464. The molecule has 2 aromatic rings. The van der Waals surface area contributed by atoms with E-state index < -0.39 is 16.1 Å². The average Bonchev–Trinajstić information content (AvgIpc) is 3.35. The summed E-state index contributed by atoms with van der Waals surface area (Å²) in [5.74, 6) is -0.265. The molecule has 0 aromatic heterocycles. The van der Waals surface area contributed by atoms with Crippen LogP contribution in [0.3, 0.4) is 0 Å². The van der Waals surface area contributed by atoms with Gasteiger partial charge in [0.05, 0.1) is 11.9 Å². The molecule has 1 aliphatic carbocycles. The molecule has 0 bridgehead atoms. The van der Waals surface area contributed by atoms with E-state index in [2.05, 4.69) is 5.32 Å². The molecule has 196 valence electrons. The first-order chi connectivity index (χ1) is 17.2. The minimum absolute atomic E-state index is 0.124. The van der Waals surface area contributed by atoms with Gasteiger partial charge < -0.3 is 10.2 Å². The van der Waals surface area contributed by atoms with Crippen molar-refractivity contribution in [2.24, 2.45) is 0 Å². The third-order valence-electron chi connectivity index (χ3n) is 6.89. The standard InChI is InChI=1S/C28H39N3O4S/c1-22-12-7-10-17-26(22)31(36(3,34)35)20-11-18-27(32)30(21-19-24-13-5-4-6-14-24)23(2)28(33)29-25-15-8-9-16-25/h4-7,10,12-14,17,23,25H,8-9,11,15-16,18-21H2,1-3H3,(H,29,33)/t23-/m0/s1. The number of nitrogens with one attached hydrogen (secondary N) is 1. The van der Waals surface area contributed by atoms with Crippen molar-refractivity contribution < 1.29 is 18.0 Å². The highest BCUT2D eigenvalue weighted by Crippen LogP contribution is 2.23. The molecule has 2 amide bonds. The van der Waals surface area contributed by atoms with E-state index in [0.717, 1.165) is 36.8 Å². The molecule has 1 fully saturated rings. The number of hydrogen-bond acceptors (Lipinski definition) is 4. The predicted octanol–water partition coefficient (Wildman–Crippen LogP) is 4.06. The normalized spacial score (nSPS) is 14.9. The summed E-state index contributed by atoms with van der Waals surface area (Å²) >= 11 is 0.